The van der Waals surface area contributed by atoms with E-state index in [4.69, 9.17) is 0 Å². The quantitative estimate of drug-likeness (QED) is 0.673. The highest BCUT2D eigenvalue weighted by atomic mass is 16.2. The van der Waals surface area contributed by atoms with Crippen LogP contribution in [0.15, 0.2) is 0 Å². The van der Waals surface area contributed by atoms with Gasteiger partial charge in [-0.05, 0) is 44.4 Å². The fourth-order valence-electron chi connectivity index (χ4n) is 2.34. The van der Waals surface area contributed by atoms with Crippen LogP contribution in [0.3, 0.4) is 0 Å². The van der Waals surface area contributed by atoms with E-state index < -0.39 is 5.41 Å². The Labute approximate surface area is 155 Å². The Kier molecular flexibility index (Phi) is 8.19. The van der Waals surface area contributed by atoms with Crippen LogP contribution in [0.2, 0.25) is 0 Å². The third-order valence-electron chi connectivity index (χ3n) is 5.65. The summed E-state index contributed by atoms with van der Waals surface area (Å²) in [6, 6.07) is 0.259. The minimum atomic E-state index is -0.453. The van der Waals surface area contributed by atoms with Crippen molar-refractivity contribution in [2.45, 2.75) is 101 Å². The Hall–Kier alpha value is -1.06. The number of carbonyl (C=O) groups is 2. The van der Waals surface area contributed by atoms with Gasteiger partial charge < -0.3 is 10.6 Å². The molecule has 0 aliphatic rings. The van der Waals surface area contributed by atoms with Gasteiger partial charge in [0.25, 0.3) is 0 Å². The summed E-state index contributed by atoms with van der Waals surface area (Å²) >= 11 is 0. The van der Waals surface area contributed by atoms with Gasteiger partial charge in [0.05, 0.1) is 0 Å². The topological polar surface area (TPSA) is 58.2 Å². The summed E-state index contributed by atoms with van der Waals surface area (Å²) in [6.07, 6.45) is 1.58. The zero-order chi connectivity index (χ0) is 20.2. The van der Waals surface area contributed by atoms with E-state index in [2.05, 4.69) is 52.2 Å². The Morgan fingerprint density at radius 1 is 0.800 bits per heavy atom. The molecule has 148 valence electrons. The van der Waals surface area contributed by atoms with E-state index in [9.17, 15) is 9.59 Å². The van der Waals surface area contributed by atoms with Crippen molar-refractivity contribution in [1.29, 1.82) is 0 Å². The second-order valence-corrected chi connectivity index (χ2v) is 10.3. The van der Waals surface area contributed by atoms with E-state index >= 15 is 0 Å². The molecule has 0 heterocycles. The first-order valence-corrected chi connectivity index (χ1v) is 9.62. The number of hydrogen-bond acceptors (Lipinski definition) is 2. The zero-order valence-corrected chi connectivity index (χ0v) is 18.5. The molecular formula is C21H42N2O2. The highest BCUT2D eigenvalue weighted by Gasteiger charge is 2.36. The average molecular weight is 355 g/mol. The van der Waals surface area contributed by atoms with Gasteiger partial charge in [0.2, 0.25) is 11.8 Å². The molecule has 0 aromatic carbocycles. The summed E-state index contributed by atoms with van der Waals surface area (Å²) < 4.78 is 0. The first-order chi connectivity index (χ1) is 11.0. The van der Waals surface area contributed by atoms with Crippen molar-refractivity contribution in [3.05, 3.63) is 0 Å². The van der Waals surface area contributed by atoms with E-state index in [0.29, 0.717) is 0 Å². The van der Waals surface area contributed by atoms with E-state index in [-0.39, 0.29) is 40.6 Å². The molecule has 0 saturated heterocycles. The number of rotatable bonds is 8. The highest BCUT2D eigenvalue weighted by Crippen LogP contribution is 2.37. The molecule has 0 aromatic rings. The summed E-state index contributed by atoms with van der Waals surface area (Å²) in [5.74, 6) is 0.0795. The van der Waals surface area contributed by atoms with E-state index in [1.165, 1.54) is 0 Å². The maximum absolute atomic E-state index is 12.7. The van der Waals surface area contributed by atoms with Crippen LogP contribution in [-0.4, -0.2) is 23.9 Å². The zero-order valence-electron chi connectivity index (χ0n) is 18.5. The minimum Gasteiger partial charge on any atom is -0.354 e. The van der Waals surface area contributed by atoms with Crippen molar-refractivity contribution in [3.63, 3.8) is 0 Å². The van der Waals surface area contributed by atoms with Crippen LogP contribution in [0.1, 0.15) is 89.0 Å². The number of hydrogen-bond donors (Lipinski definition) is 2. The van der Waals surface area contributed by atoms with Gasteiger partial charge in [0, 0.05) is 23.4 Å². The molecule has 0 spiro atoms. The van der Waals surface area contributed by atoms with Gasteiger partial charge >= 0.3 is 0 Å². The first-order valence-electron chi connectivity index (χ1n) is 9.62. The SMILES string of the molecule is CC(C)NC(=O)C(C)C(C)(C)CCC(C)(C)C(=O)NC(C)C(C)(C)C. The van der Waals surface area contributed by atoms with Crippen LogP contribution in [0.5, 0.6) is 0 Å². The normalized spacial score (nSPS) is 15.7. The summed E-state index contributed by atoms with van der Waals surface area (Å²) in [5, 5.41) is 6.15. The highest BCUT2D eigenvalue weighted by molar-refractivity contribution is 5.82. The maximum atomic E-state index is 12.7. The molecule has 2 unspecified atom stereocenters. The van der Waals surface area contributed by atoms with E-state index in [1.54, 1.807) is 0 Å². The van der Waals surface area contributed by atoms with Gasteiger partial charge in [-0.3, -0.25) is 9.59 Å². The largest absolute Gasteiger partial charge is 0.354 e. The number of amides is 2. The summed E-state index contributed by atoms with van der Waals surface area (Å²) in [6.45, 7) is 22.6. The van der Waals surface area contributed by atoms with Gasteiger partial charge in [-0.2, -0.15) is 0 Å². The van der Waals surface area contributed by atoms with Crippen molar-refractivity contribution in [1.82, 2.24) is 10.6 Å². The van der Waals surface area contributed by atoms with Gasteiger partial charge in [0.15, 0.2) is 0 Å². The molecule has 25 heavy (non-hydrogen) atoms. The molecule has 2 N–H and O–H groups in total. The van der Waals surface area contributed by atoms with Gasteiger partial charge in [-0.25, -0.2) is 0 Å². The standard InChI is InChI=1S/C21H42N2O2/c1-14(2)22-17(24)15(3)20(8,9)12-13-21(10,11)18(25)23-16(4)19(5,6)7/h14-16H,12-13H2,1-11H3,(H,22,24)(H,23,25). The monoisotopic (exact) mass is 354 g/mol. The van der Waals surface area contributed by atoms with Crippen LogP contribution >= 0.6 is 0 Å². The molecule has 4 heteroatoms. The Bertz CT molecular complexity index is 459. The Morgan fingerprint density at radius 2 is 1.28 bits per heavy atom. The Balaban J connectivity index is 4.84. The molecule has 4 nitrogen and oxygen atoms in total. The lowest BCUT2D eigenvalue weighted by molar-refractivity contribution is -0.131. The van der Waals surface area contributed by atoms with Gasteiger partial charge in [0.1, 0.15) is 0 Å². The predicted molar refractivity (Wildman–Crippen MR) is 106 cm³/mol. The molecule has 0 rings (SSSR count). The summed E-state index contributed by atoms with van der Waals surface area (Å²) in [5.41, 5.74) is -0.578. The molecule has 0 saturated carbocycles. The van der Waals surface area contributed by atoms with E-state index in [0.717, 1.165) is 12.8 Å². The summed E-state index contributed by atoms with van der Waals surface area (Å²) in [4.78, 5) is 25.0. The molecular weight excluding hydrogens is 312 g/mol. The third kappa shape index (κ3) is 7.79. The lowest BCUT2D eigenvalue weighted by Crippen LogP contribution is -2.47. The van der Waals surface area contributed by atoms with Gasteiger partial charge in [-0.15, -0.1) is 0 Å². The third-order valence-corrected chi connectivity index (χ3v) is 5.65. The fourth-order valence-corrected chi connectivity index (χ4v) is 2.34. The first kappa shape index (κ1) is 23.9. The van der Waals surface area contributed by atoms with Crippen molar-refractivity contribution in [3.8, 4) is 0 Å². The Morgan fingerprint density at radius 3 is 1.68 bits per heavy atom. The molecule has 0 fully saturated rings. The summed E-state index contributed by atoms with van der Waals surface area (Å²) in [7, 11) is 0. The molecule has 0 aliphatic heterocycles. The second-order valence-electron chi connectivity index (χ2n) is 10.3. The lowest BCUT2D eigenvalue weighted by atomic mass is 9.71. The molecule has 0 bridgehead atoms. The van der Waals surface area contributed by atoms with Crippen molar-refractivity contribution in [2.75, 3.05) is 0 Å². The molecule has 0 radical (unpaired) electrons. The minimum absolute atomic E-state index is 0.0362. The van der Waals surface area contributed by atoms with Crippen LogP contribution in [0.4, 0.5) is 0 Å². The smallest absolute Gasteiger partial charge is 0.225 e. The second kappa shape index (κ2) is 8.55. The fraction of sp³-hybridized carbons (Fsp3) is 0.905. The van der Waals surface area contributed by atoms with Crippen LogP contribution < -0.4 is 10.6 Å². The number of carbonyl (C=O) groups excluding carboxylic acids is 2. The van der Waals surface area contributed by atoms with Crippen LogP contribution in [0.25, 0.3) is 0 Å². The lowest BCUT2D eigenvalue weighted by Gasteiger charge is -2.36. The van der Waals surface area contributed by atoms with Crippen molar-refractivity contribution >= 4 is 11.8 Å². The van der Waals surface area contributed by atoms with Gasteiger partial charge in [-0.1, -0.05) is 55.4 Å². The van der Waals surface area contributed by atoms with E-state index in [1.807, 2.05) is 34.6 Å². The van der Waals surface area contributed by atoms with Crippen molar-refractivity contribution in [2.24, 2.45) is 22.2 Å². The maximum Gasteiger partial charge on any atom is 0.225 e. The van der Waals surface area contributed by atoms with Crippen LogP contribution in [0, 0.1) is 22.2 Å². The van der Waals surface area contributed by atoms with Crippen molar-refractivity contribution < 1.29 is 9.59 Å². The molecule has 0 aliphatic carbocycles. The molecule has 2 atom stereocenters. The average Bonchev–Trinajstić information content (AvgIpc) is 2.42. The molecule has 2 amide bonds. The van der Waals surface area contributed by atoms with Crippen LogP contribution in [-0.2, 0) is 9.59 Å². The molecule has 0 aromatic heterocycles. The number of nitrogens with one attached hydrogen (secondary N) is 2. The predicted octanol–water partition coefficient (Wildman–Crippen LogP) is 4.53.